The van der Waals surface area contributed by atoms with E-state index in [0.717, 1.165) is 92.2 Å². The number of carbonyl (C=O) groups excluding carboxylic acids is 5. The number of nitrogens with zero attached hydrogens (tertiary/aromatic N) is 4. The lowest BCUT2D eigenvalue weighted by molar-refractivity contribution is -0.250. The first kappa shape index (κ1) is 64.6. The van der Waals surface area contributed by atoms with Gasteiger partial charge in [0.1, 0.15) is 10.9 Å². The molecule has 4 aliphatic carbocycles. The zero-order chi connectivity index (χ0) is 63.0. The number of alkyl halides is 5. The minimum Gasteiger partial charge on any atom is -0.384 e. The first-order valence-corrected chi connectivity index (χ1v) is 33.9. The third-order valence-corrected chi connectivity index (χ3v) is 22.4. The highest BCUT2D eigenvalue weighted by atomic mass is 32.2. The lowest BCUT2D eigenvalue weighted by atomic mass is 9.32. The van der Waals surface area contributed by atoms with Gasteiger partial charge in [-0.1, -0.05) is 62.1 Å². The fraction of sp³-hybridized carbons (Fsp3) is 0.508. The number of piperazine rings is 1. The number of benzene rings is 4. The van der Waals surface area contributed by atoms with Crippen LogP contribution in [-0.4, -0.2) is 150 Å². The largest absolute Gasteiger partial charge is 0.501 e. The van der Waals surface area contributed by atoms with Gasteiger partial charge in [0.15, 0.2) is 0 Å². The molecular weight excluding hydrogens is 1200 g/mol. The number of imide groups is 2. The van der Waals surface area contributed by atoms with Gasteiger partial charge in [-0.05, 0) is 162 Å². The van der Waals surface area contributed by atoms with Gasteiger partial charge < -0.3 is 20.4 Å². The maximum atomic E-state index is 14.5. The van der Waals surface area contributed by atoms with Crippen molar-refractivity contribution < 1.29 is 62.8 Å². The van der Waals surface area contributed by atoms with Crippen LogP contribution in [0.25, 0.3) is 0 Å². The van der Waals surface area contributed by atoms with Crippen LogP contribution >= 0.6 is 11.8 Å². The molecule has 2 atom stereocenters. The van der Waals surface area contributed by atoms with Gasteiger partial charge in [-0.25, -0.2) is 30.3 Å². The Balaban J connectivity index is 0.725. The predicted octanol–water partition coefficient (Wildman–Crippen LogP) is 10.1. The first-order chi connectivity index (χ1) is 41.7. The summed E-state index contributed by atoms with van der Waals surface area (Å²) in [7, 11) is -9.20. The fourth-order valence-electron chi connectivity index (χ4n) is 13.5. The van der Waals surface area contributed by atoms with E-state index in [1.165, 1.54) is 41.1 Å². The van der Waals surface area contributed by atoms with Gasteiger partial charge in [-0.15, -0.1) is 11.8 Å². The summed E-state index contributed by atoms with van der Waals surface area (Å²) < 4.78 is 127. The Morgan fingerprint density at radius 2 is 1.52 bits per heavy atom. The molecule has 5 amide bonds. The van der Waals surface area contributed by atoms with Crippen molar-refractivity contribution in [1.82, 2.24) is 24.7 Å². The predicted molar refractivity (Wildman–Crippen MR) is 326 cm³/mol. The summed E-state index contributed by atoms with van der Waals surface area (Å²) in [5, 5.41) is 8.45. The van der Waals surface area contributed by atoms with Gasteiger partial charge in [-0.3, -0.25) is 39.1 Å². The van der Waals surface area contributed by atoms with E-state index in [9.17, 15) is 62.8 Å². The van der Waals surface area contributed by atoms with Crippen LogP contribution in [0.3, 0.4) is 0 Å². The van der Waals surface area contributed by atoms with Crippen LogP contribution in [0.2, 0.25) is 0 Å². The summed E-state index contributed by atoms with van der Waals surface area (Å²) in [6, 6.07) is 21.0. The number of allylic oxidation sites excluding steroid dienone is 1. The fourth-order valence-corrected chi connectivity index (χ4v) is 16.5. The second kappa shape index (κ2) is 25.8. The molecule has 7 aliphatic rings. The first-order valence-electron chi connectivity index (χ1n) is 30.0. The van der Waals surface area contributed by atoms with Gasteiger partial charge in [-0.2, -0.15) is 13.2 Å². The van der Waals surface area contributed by atoms with Crippen molar-refractivity contribution >= 4 is 78.2 Å². The van der Waals surface area contributed by atoms with E-state index in [-0.39, 0.29) is 46.1 Å². The number of carbonyl (C=O) groups is 5. The van der Waals surface area contributed by atoms with E-state index in [2.05, 4.69) is 39.6 Å². The van der Waals surface area contributed by atoms with Gasteiger partial charge in [0.2, 0.25) is 18.2 Å². The molecule has 2 unspecified atom stereocenters. The summed E-state index contributed by atoms with van der Waals surface area (Å²) in [6.45, 7) is 9.75. The van der Waals surface area contributed by atoms with Crippen molar-refractivity contribution in [2.75, 3.05) is 80.7 Å². The highest BCUT2D eigenvalue weighted by Gasteiger charge is 2.73. The summed E-state index contributed by atoms with van der Waals surface area (Å²) in [6.07, 6.45) is 5.96. The SMILES string of the molecule is CN(CCCCCCNc1cccc2c1C(=O)N(C1CCC(=O)NC1=O)C2=O)CCC(CSc1ccccc1)Nc1ccc(S(=O)(=O)NC(=O)c2ccc(N3CCN(CC4=C(C56CC(C(F)F)(C5)C6)CC(C)(C)CC4)CC3)cc2)cc1S(=O)(=O)C(F)(F)F. The number of halogens is 5. The lowest BCUT2D eigenvalue weighted by Gasteiger charge is -2.72. The number of sulfonamides is 1. The standard InChI is InChI=1S/C63H75F5N8O9S3/c1-60(2)26-24-42(48(35-60)61-38-62(39-61,40-61)59(64)65)36-74-30-32-75(33-31-74)44-18-16-41(17-19-44)55(78)72-88(84,85)46-20-21-49(52(34-46)87(82,83)63(66,67)68)70-43(37-86-45-12-7-6-8-13-45)25-29-73(3)28-10-5-4-9-27-69-50-15-11-14-47-54(50)58(81)76(57(47)80)51-22-23-53(77)71-56(51)79/h6-8,11-21,34,43,51,59,69-70H,4-5,9-10,22-33,35-40H2,1-3H3,(H,72,78)(H,71,77,79). The van der Waals surface area contributed by atoms with E-state index in [1.54, 1.807) is 24.3 Å². The molecule has 3 aliphatic heterocycles. The Hall–Kier alpha value is -6.41. The van der Waals surface area contributed by atoms with Gasteiger partial charge in [0, 0.05) is 84.7 Å². The number of amides is 5. The zero-order valence-electron chi connectivity index (χ0n) is 49.5. The summed E-state index contributed by atoms with van der Waals surface area (Å²) >= 11 is 1.40. The number of nitrogens with one attached hydrogen (secondary N) is 4. The Kier molecular flexibility index (Phi) is 19.0. The maximum Gasteiger partial charge on any atom is 0.501 e. The number of piperidine rings is 1. The number of thioether (sulfide) groups is 1. The number of anilines is 3. The topological polar surface area (TPSA) is 215 Å². The molecule has 17 nitrogen and oxygen atoms in total. The van der Waals surface area contributed by atoms with E-state index in [0.29, 0.717) is 70.2 Å². The van der Waals surface area contributed by atoms with Crippen LogP contribution < -0.4 is 25.6 Å². The average molecular weight is 1280 g/mol. The van der Waals surface area contributed by atoms with Crippen molar-refractivity contribution in [3.8, 4) is 0 Å². The third kappa shape index (κ3) is 13.8. The van der Waals surface area contributed by atoms with Crippen LogP contribution in [0.1, 0.15) is 128 Å². The third-order valence-electron chi connectivity index (χ3n) is 18.4. The number of hydrogen-bond donors (Lipinski definition) is 4. The molecule has 11 rings (SSSR count). The molecule has 5 fully saturated rings. The number of sulfone groups is 1. The minimum absolute atomic E-state index is 0.0128. The monoisotopic (exact) mass is 1280 g/mol. The van der Waals surface area contributed by atoms with Gasteiger partial charge in [0.25, 0.3) is 37.6 Å². The second-order valence-corrected chi connectivity index (χ2v) is 30.0. The number of unbranched alkanes of at least 4 members (excludes halogenated alkanes) is 3. The molecule has 474 valence electrons. The Morgan fingerprint density at radius 1 is 0.818 bits per heavy atom. The van der Waals surface area contributed by atoms with Crippen LogP contribution in [0.4, 0.5) is 39.0 Å². The van der Waals surface area contributed by atoms with Crippen molar-refractivity contribution in [3.63, 3.8) is 0 Å². The molecule has 3 heterocycles. The number of hydrogen-bond acceptors (Lipinski definition) is 15. The molecule has 3 saturated carbocycles. The van der Waals surface area contributed by atoms with E-state index in [1.807, 2.05) is 47.0 Å². The molecule has 2 saturated heterocycles. The molecule has 0 radical (unpaired) electrons. The zero-order valence-corrected chi connectivity index (χ0v) is 52.0. The molecule has 88 heavy (non-hydrogen) atoms. The summed E-state index contributed by atoms with van der Waals surface area (Å²) in [5.41, 5.74) is -2.65. The van der Waals surface area contributed by atoms with Crippen molar-refractivity contribution in [2.24, 2.45) is 16.2 Å². The molecular formula is C63H75F5N8O9S3. The number of rotatable bonds is 26. The van der Waals surface area contributed by atoms with Crippen LogP contribution in [0.15, 0.2) is 117 Å². The van der Waals surface area contributed by atoms with Gasteiger partial charge in [0.05, 0.1) is 21.7 Å². The quantitative estimate of drug-likeness (QED) is 0.0151. The van der Waals surface area contributed by atoms with Crippen LogP contribution in [-0.2, 0) is 29.4 Å². The molecule has 25 heteroatoms. The maximum absolute atomic E-state index is 14.5. The van der Waals surface area contributed by atoms with Crippen LogP contribution in [0.5, 0.6) is 0 Å². The Bertz CT molecular complexity index is 3560. The normalized spacial score (nSPS) is 22.5. The highest BCUT2D eigenvalue weighted by Crippen LogP contribution is 2.79. The smallest absolute Gasteiger partial charge is 0.384 e. The Labute approximate surface area is 514 Å². The summed E-state index contributed by atoms with van der Waals surface area (Å²) in [4.78, 5) is 70.7. The lowest BCUT2D eigenvalue weighted by Crippen LogP contribution is -2.66. The average Bonchev–Trinajstić information content (AvgIpc) is 0.750. The van der Waals surface area contributed by atoms with Crippen molar-refractivity contribution in [3.05, 3.63) is 119 Å². The second-order valence-electron chi connectivity index (χ2n) is 25.3. The molecule has 4 aromatic carbocycles. The molecule has 4 aromatic rings. The molecule has 2 bridgehead atoms. The van der Waals surface area contributed by atoms with E-state index < -0.39 is 94.3 Å². The molecule has 4 N–H and O–H groups in total. The summed E-state index contributed by atoms with van der Waals surface area (Å²) in [5.74, 6) is -3.13. The van der Waals surface area contributed by atoms with E-state index >= 15 is 0 Å². The Morgan fingerprint density at radius 3 is 2.20 bits per heavy atom. The van der Waals surface area contributed by atoms with E-state index in [4.69, 9.17) is 0 Å². The number of fused-ring (bicyclic) bond motifs is 1. The highest BCUT2D eigenvalue weighted by molar-refractivity contribution is 7.99. The molecule has 0 spiro atoms. The van der Waals surface area contributed by atoms with Crippen molar-refractivity contribution in [2.45, 2.75) is 136 Å². The molecule has 0 aromatic heterocycles. The van der Waals surface area contributed by atoms with Crippen molar-refractivity contribution in [1.29, 1.82) is 0 Å². The van der Waals surface area contributed by atoms with Gasteiger partial charge >= 0.3 is 5.51 Å². The minimum atomic E-state index is -6.16. The van der Waals surface area contributed by atoms with Crippen LogP contribution in [0, 0.1) is 16.2 Å².